The molecule has 14 heavy (non-hydrogen) atoms. The van der Waals surface area contributed by atoms with Gasteiger partial charge in [-0.25, -0.2) is 4.79 Å². The van der Waals surface area contributed by atoms with Gasteiger partial charge in [-0.2, -0.15) is 0 Å². The Labute approximate surface area is 84.4 Å². The zero-order valence-electron chi connectivity index (χ0n) is 8.73. The fraction of sp³-hybridized carbons (Fsp3) is 0.700. The van der Waals surface area contributed by atoms with Crippen LogP contribution in [0.15, 0.2) is 12.2 Å². The van der Waals surface area contributed by atoms with E-state index < -0.39 is 0 Å². The van der Waals surface area contributed by atoms with Crippen molar-refractivity contribution < 1.29 is 14.4 Å². The van der Waals surface area contributed by atoms with Gasteiger partial charge in [-0.15, -0.1) is 5.06 Å². The Morgan fingerprint density at radius 2 is 2.50 bits per heavy atom. The lowest BCUT2D eigenvalue weighted by Crippen LogP contribution is -2.42. The third kappa shape index (κ3) is 3.47. The molecule has 1 aliphatic heterocycles. The summed E-state index contributed by atoms with van der Waals surface area (Å²) in [5, 5.41) is 1.67. The zero-order chi connectivity index (χ0) is 10.4. The Hall–Kier alpha value is -0.870. The number of hydrogen-bond donors (Lipinski definition) is 0. The van der Waals surface area contributed by atoms with Crippen molar-refractivity contribution >= 4 is 5.97 Å². The van der Waals surface area contributed by atoms with Gasteiger partial charge in [0, 0.05) is 6.08 Å². The van der Waals surface area contributed by atoms with Crippen LogP contribution in [0, 0.1) is 0 Å². The monoisotopic (exact) mass is 199 g/mol. The number of allylic oxidation sites excluding steroid dienone is 1. The van der Waals surface area contributed by atoms with Crippen LogP contribution < -0.4 is 0 Å². The molecule has 0 aliphatic carbocycles. The molecule has 0 aromatic heterocycles. The van der Waals surface area contributed by atoms with Crippen LogP contribution in [0.3, 0.4) is 0 Å². The van der Waals surface area contributed by atoms with Crippen molar-refractivity contribution in [2.45, 2.75) is 26.4 Å². The van der Waals surface area contributed by atoms with Crippen molar-refractivity contribution in [1.82, 2.24) is 5.06 Å². The van der Waals surface area contributed by atoms with Gasteiger partial charge in [0.05, 0.1) is 25.8 Å². The van der Waals surface area contributed by atoms with Crippen molar-refractivity contribution in [1.29, 1.82) is 0 Å². The van der Waals surface area contributed by atoms with Crippen molar-refractivity contribution in [3.8, 4) is 0 Å². The van der Waals surface area contributed by atoms with Gasteiger partial charge in [-0.1, -0.05) is 13.0 Å². The maximum Gasteiger partial charge on any atom is 0.349 e. The van der Waals surface area contributed by atoms with Crippen LogP contribution in [0.25, 0.3) is 0 Å². The summed E-state index contributed by atoms with van der Waals surface area (Å²) >= 11 is 0. The lowest BCUT2D eigenvalue weighted by atomic mass is 10.2. The average Bonchev–Trinajstić information content (AvgIpc) is 2.18. The average molecular weight is 199 g/mol. The highest BCUT2D eigenvalue weighted by molar-refractivity contribution is 5.81. The topological polar surface area (TPSA) is 38.8 Å². The molecule has 1 fully saturated rings. The van der Waals surface area contributed by atoms with Gasteiger partial charge in [0.1, 0.15) is 0 Å². The Balaban J connectivity index is 2.33. The van der Waals surface area contributed by atoms with E-state index in [4.69, 9.17) is 9.57 Å². The molecule has 1 heterocycles. The van der Waals surface area contributed by atoms with Crippen molar-refractivity contribution in [2.75, 3.05) is 19.7 Å². The van der Waals surface area contributed by atoms with E-state index in [0.29, 0.717) is 19.7 Å². The van der Waals surface area contributed by atoms with Crippen LogP contribution in [0.1, 0.15) is 20.3 Å². The molecule has 0 saturated carbocycles. The van der Waals surface area contributed by atoms with Crippen molar-refractivity contribution in [3.63, 3.8) is 0 Å². The number of carbonyl (C=O) groups excluding carboxylic acids is 1. The van der Waals surface area contributed by atoms with Crippen LogP contribution in [-0.4, -0.2) is 36.8 Å². The van der Waals surface area contributed by atoms with Crippen LogP contribution in [0.5, 0.6) is 0 Å². The van der Waals surface area contributed by atoms with Gasteiger partial charge < -0.3 is 9.57 Å². The molecule has 0 bridgehead atoms. The second kappa shape index (κ2) is 5.78. The maximum absolute atomic E-state index is 11.1. The Kier molecular flexibility index (Phi) is 4.62. The molecule has 4 nitrogen and oxygen atoms in total. The molecule has 0 aromatic rings. The second-order valence-corrected chi connectivity index (χ2v) is 3.20. The smallest absolute Gasteiger partial charge is 0.349 e. The van der Waals surface area contributed by atoms with Crippen LogP contribution >= 0.6 is 0 Å². The van der Waals surface area contributed by atoms with E-state index in [1.165, 1.54) is 6.08 Å². The predicted octanol–water partition coefficient (Wildman–Crippen LogP) is 1.13. The number of carbonyl (C=O) groups is 1. The largest absolute Gasteiger partial charge is 0.375 e. The summed E-state index contributed by atoms with van der Waals surface area (Å²) in [7, 11) is 0. The highest BCUT2D eigenvalue weighted by Crippen LogP contribution is 2.08. The maximum atomic E-state index is 11.1. The molecule has 0 aromatic carbocycles. The normalized spacial score (nSPS) is 24.0. The fourth-order valence-corrected chi connectivity index (χ4v) is 1.32. The first-order valence-electron chi connectivity index (χ1n) is 4.97. The molecule has 0 radical (unpaired) electrons. The van der Waals surface area contributed by atoms with Gasteiger partial charge in [-0.3, -0.25) is 0 Å². The molecule has 0 amide bonds. The molecule has 1 unspecified atom stereocenters. The van der Waals surface area contributed by atoms with E-state index in [-0.39, 0.29) is 12.1 Å². The summed E-state index contributed by atoms with van der Waals surface area (Å²) in [6.07, 6.45) is 4.20. The SMILES string of the molecule is CC=CC(=O)ON1CCOC(CC)C1. The van der Waals surface area contributed by atoms with E-state index in [0.717, 1.165) is 6.42 Å². The summed E-state index contributed by atoms with van der Waals surface area (Å²) in [6.45, 7) is 5.79. The summed E-state index contributed by atoms with van der Waals surface area (Å²) < 4.78 is 5.45. The Morgan fingerprint density at radius 1 is 1.71 bits per heavy atom. The van der Waals surface area contributed by atoms with Crippen LogP contribution in [-0.2, 0) is 14.4 Å². The number of ether oxygens (including phenoxy) is 1. The Morgan fingerprint density at radius 3 is 3.14 bits per heavy atom. The fourth-order valence-electron chi connectivity index (χ4n) is 1.32. The highest BCUT2D eigenvalue weighted by atomic mass is 16.7. The number of morpholine rings is 1. The molecule has 1 saturated heterocycles. The first-order valence-corrected chi connectivity index (χ1v) is 4.97. The van der Waals surface area contributed by atoms with E-state index in [9.17, 15) is 4.79 Å². The minimum atomic E-state index is -0.316. The molecule has 4 heteroatoms. The first-order chi connectivity index (χ1) is 6.76. The zero-order valence-corrected chi connectivity index (χ0v) is 8.73. The van der Waals surface area contributed by atoms with E-state index in [1.54, 1.807) is 18.1 Å². The standard InChI is InChI=1S/C10H17NO3/c1-3-5-10(12)14-11-6-7-13-9(4-2)8-11/h3,5,9H,4,6-8H2,1-2H3. The number of hydroxylamine groups is 2. The molecule has 80 valence electrons. The first kappa shape index (κ1) is 11.2. The minimum Gasteiger partial charge on any atom is -0.375 e. The molecular formula is C10H17NO3. The number of hydrogen-bond acceptors (Lipinski definition) is 4. The van der Waals surface area contributed by atoms with Crippen LogP contribution in [0.4, 0.5) is 0 Å². The minimum absolute atomic E-state index is 0.183. The molecule has 1 aliphatic rings. The second-order valence-electron chi connectivity index (χ2n) is 3.20. The quantitative estimate of drug-likeness (QED) is 0.639. The van der Waals surface area contributed by atoms with E-state index in [2.05, 4.69) is 6.92 Å². The van der Waals surface area contributed by atoms with Crippen LogP contribution in [0.2, 0.25) is 0 Å². The Bertz CT molecular complexity index is 215. The lowest BCUT2D eigenvalue weighted by molar-refractivity contribution is -0.210. The molecule has 0 N–H and O–H groups in total. The molecule has 1 atom stereocenters. The summed E-state index contributed by atoms with van der Waals surface area (Å²) in [4.78, 5) is 16.2. The molecular weight excluding hydrogens is 182 g/mol. The predicted molar refractivity (Wildman–Crippen MR) is 52.5 cm³/mol. The van der Waals surface area contributed by atoms with E-state index in [1.807, 2.05) is 0 Å². The summed E-state index contributed by atoms with van der Waals surface area (Å²) in [6, 6.07) is 0. The molecule has 1 rings (SSSR count). The summed E-state index contributed by atoms with van der Waals surface area (Å²) in [5.41, 5.74) is 0. The lowest BCUT2D eigenvalue weighted by Gasteiger charge is -2.30. The third-order valence-corrected chi connectivity index (χ3v) is 2.08. The number of rotatable bonds is 3. The van der Waals surface area contributed by atoms with Gasteiger partial charge in [0.2, 0.25) is 0 Å². The number of nitrogens with zero attached hydrogens (tertiary/aromatic N) is 1. The summed E-state index contributed by atoms with van der Waals surface area (Å²) in [5.74, 6) is -0.316. The van der Waals surface area contributed by atoms with Crippen molar-refractivity contribution in [2.24, 2.45) is 0 Å². The van der Waals surface area contributed by atoms with Gasteiger partial charge in [0.25, 0.3) is 0 Å². The van der Waals surface area contributed by atoms with Gasteiger partial charge >= 0.3 is 5.97 Å². The van der Waals surface area contributed by atoms with Gasteiger partial charge in [-0.05, 0) is 13.3 Å². The van der Waals surface area contributed by atoms with E-state index >= 15 is 0 Å². The van der Waals surface area contributed by atoms with Crippen molar-refractivity contribution in [3.05, 3.63) is 12.2 Å². The molecule has 0 spiro atoms. The van der Waals surface area contributed by atoms with Gasteiger partial charge in [0.15, 0.2) is 0 Å². The third-order valence-electron chi connectivity index (χ3n) is 2.08. The highest BCUT2D eigenvalue weighted by Gasteiger charge is 2.21.